The Morgan fingerprint density at radius 3 is 2.91 bits per heavy atom. The van der Waals surface area contributed by atoms with E-state index in [1.54, 1.807) is 0 Å². The highest BCUT2D eigenvalue weighted by atomic mass is 32.2. The molecule has 1 fully saturated rings. The van der Waals surface area contributed by atoms with E-state index in [1.165, 1.54) is 6.33 Å². The van der Waals surface area contributed by atoms with Crippen molar-refractivity contribution in [2.75, 3.05) is 11.1 Å². The number of aromatic amines is 1. The number of anilines is 1. The molecule has 3 N–H and O–H groups in total. The minimum atomic E-state index is -3.15. The van der Waals surface area contributed by atoms with Crippen LogP contribution in [-0.2, 0) is 10.0 Å². The Morgan fingerprint density at radius 1 is 1.41 bits per heavy atom. The zero-order valence-electron chi connectivity index (χ0n) is 12.8. The van der Waals surface area contributed by atoms with Crippen molar-refractivity contribution in [2.24, 2.45) is 0 Å². The van der Waals surface area contributed by atoms with Crippen LogP contribution in [0.5, 0.6) is 0 Å². The number of nitrogens with zero attached hydrogens (tertiary/aromatic N) is 2. The molecule has 1 saturated carbocycles. The quantitative estimate of drug-likeness (QED) is 0.750. The van der Waals surface area contributed by atoms with E-state index in [2.05, 4.69) is 31.9 Å². The Hall–Kier alpha value is -1.67. The molecule has 3 rings (SSSR count). The number of nitrogens with one attached hydrogen (secondary N) is 3. The van der Waals surface area contributed by atoms with Gasteiger partial charge in [0.1, 0.15) is 17.8 Å². The molecule has 0 aliphatic heterocycles. The number of H-pyrrole nitrogens is 1. The van der Waals surface area contributed by atoms with Gasteiger partial charge in [-0.25, -0.2) is 23.1 Å². The van der Waals surface area contributed by atoms with Gasteiger partial charge in [-0.1, -0.05) is 6.92 Å². The third-order valence-electron chi connectivity index (χ3n) is 3.99. The standard InChI is InChI=1S/C14H21N5O2S/c1-3-6-22(20,21)19-10-7-14(2,8-10)18-13-11-4-5-15-12(11)16-9-17-13/h4-5,9-10,19H,3,6-8H2,1-2H3,(H2,15,16,17,18). The molecule has 22 heavy (non-hydrogen) atoms. The van der Waals surface area contributed by atoms with Crippen molar-refractivity contribution in [2.45, 2.75) is 44.7 Å². The number of fused-ring (bicyclic) bond motifs is 1. The van der Waals surface area contributed by atoms with E-state index in [9.17, 15) is 8.42 Å². The van der Waals surface area contributed by atoms with Crippen LogP contribution in [0.1, 0.15) is 33.1 Å². The van der Waals surface area contributed by atoms with Gasteiger partial charge in [-0.05, 0) is 32.3 Å². The largest absolute Gasteiger partial charge is 0.364 e. The van der Waals surface area contributed by atoms with Crippen LogP contribution in [0, 0.1) is 0 Å². The molecule has 0 saturated heterocycles. The lowest BCUT2D eigenvalue weighted by Crippen LogP contribution is -2.57. The summed E-state index contributed by atoms with van der Waals surface area (Å²) in [7, 11) is -3.15. The van der Waals surface area contributed by atoms with E-state index in [-0.39, 0.29) is 17.3 Å². The maximum Gasteiger partial charge on any atom is 0.211 e. The molecule has 0 aromatic carbocycles. The van der Waals surface area contributed by atoms with Crippen LogP contribution in [0.2, 0.25) is 0 Å². The Balaban J connectivity index is 1.64. The van der Waals surface area contributed by atoms with Crippen LogP contribution in [0.25, 0.3) is 11.0 Å². The van der Waals surface area contributed by atoms with Gasteiger partial charge in [-0.3, -0.25) is 0 Å². The van der Waals surface area contributed by atoms with Gasteiger partial charge in [0.15, 0.2) is 0 Å². The number of rotatable bonds is 6. The first-order valence-corrected chi connectivity index (χ1v) is 9.12. The SMILES string of the molecule is CCCS(=O)(=O)NC1CC(C)(Nc2ncnc3[nH]ccc23)C1. The average molecular weight is 323 g/mol. The minimum Gasteiger partial charge on any atom is -0.364 e. The number of aromatic nitrogens is 3. The van der Waals surface area contributed by atoms with Crippen LogP contribution < -0.4 is 10.0 Å². The lowest BCUT2D eigenvalue weighted by atomic mass is 9.74. The summed E-state index contributed by atoms with van der Waals surface area (Å²) in [6, 6.07) is 1.93. The molecule has 0 bridgehead atoms. The fourth-order valence-electron chi connectivity index (χ4n) is 3.05. The van der Waals surface area contributed by atoms with Gasteiger partial charge in [0.2, 0.25) is 10.0 Å². The fraction of sp³-hybridized carbons (Fsp3) is 0.571. The normalized spacial score (nSPS) is 25.1. The smallest absolute Gasteiger partial charge is 0.211 e. The summed E-state index contributed by atoms with van der Waals surface area (Å²) >= 11 is 0. The van der Waals surface area contributed by atoms with Crippen LogP contribution in [0.3, 0.4) is 0 Å². The summed E-state index contributed by atoms with van der Waals surface area (Å²) in [5, 5.41) is 4.37. The first-order chi connectivity index (χ1) is 10.4. The lowest BCUT2D eigenvalue weighted by molar-refractivity contribution is 0.241. The zero-order chi connectivity index (χ0) is 15.8. The van der Waals surface area contributed by atoms with Crippen molar-refractivity contribution >= 4 is 26.9 Å². The molecule has 1 aliphatic carbocycles. The van der Waals surface area contributed by atoms with Gasteiger partial charge in [-0.15, -0.1) is 0 Å². The van der Waals surface area contributed by atoms with Crippen LogP contribution in [0.15, 0.2) is 18.6 Å². The zero-order valence-corrected chi connectivity index (χ0v) is 13.6. The molecule has 120 valence electrons. The monoisotopic (exact) mass is 323 g/mol. The van der Waals surface area contributed by atoms with Crippen LogP contribution in [-0.4, -0.2) is 40.7 Å². The summed E-state index contributed by atoms with van der Waals surface area (Å²) in [6.45, 7) is 3.95. The third kappa shape index (κ3) is 3.07. The van der Waals surface area contributed by atoms with Crippen molar-refractivity contribution in [3.8, 4) is 0 Å². The molecule has 7 nitrogen and oxygen atoms in total. The predicted octanol–water partition coefficient (Wildman–Crippen LogP) is 1.62. The first-order valence-electron chi connectivity index (χ1n) is 7.47. The second-order valence-corrected chi connectivity index (χ2v) is 8.06. The molecular formula is C14H21N5O2S. The van der Waals surface area contributed by atoms with Gasteiger partial charge in [0.05, 0.1) is 11.1 Å². The maximum absolute atomic E-state index is 11.8. The van der Waals surface area contributed by atoms with E-state index in [0.29, 0.717) is 6.42 Å². The molecule has 0 unspecified atom stereocenters. The highest BCUT2D eigenvalue weighted by molar-refractivity contribution is 7.89. The van der Waals surface area contributed by atoms with Crippen molar-refractivity contribution in [3.63, 3.8) is 0 Å². The predicted molar refractivity (Wildman–Crippen MR) is 86.2 cm³/mol. The van der Waals surface area contributed by atoms with Crippen molar-refractivity contribution in [1.29, 1.82) is 0 Å². The summed E-state index contributed by atoms with van der Waals surface area (Å²) in [5.74, 6) is 0.965. The lowest BCUT2D eigenvalue weighted by Gasteiger charge is -2.46. The third-order valence-corrected chi connectivity index (χ3v) is 5.63. The molecule has 0 radical (unpaired) electrons. The molecule has 0 spiro atoms. The van der Waals surface area contributed by atoms with E-state index >= 15 is 0 Å². The molecule has 1 aliphatic rings. The second kappa shape index (κ2) is 5.51. The number of sulfonamides is 1. The van der Waals surface area contributed by atoms with Crippen molar-refractivity contribution in [1.82, 2.24) is 19.7 Å². The Labute approximate surface area is 130 Å². The Bertz CT molecular complexity index is 764. The van der Waals surface area contributed by atoms with Crippen LogP contribution in [0.4, 0.5) is 5.82 Å². The molecule has 0 atom stereocenters. The van der Waals surface area contributed by atoms with Gasteiger partial charge < -0.3 is 10.3 Å². The van der Waals surface area contributed by atoms with E-state index in [4.69, 9.17) is 0 Å². The Kier molecular flexibility index (Phi) is 3.82. The van der Waals surface area contributed by atoms with Gasteiger partial charge in [-0.2, -0.15) is 0 Å². The fourth-order valence-corrected chi connectivity index (χ4v) is 4.38. The summed E-state index contributed by atoms with van der Waals surface area (Å²) in [6.07, 6.45) is 5.46. The maximum atomic E-state index is 11.8. The topological polar surface area (TPSA) is 99.8 Å². The van der Waals surface area contributed by atoms with E-state index in [0.717, 1.165) is 29.7 Å². The summed E-state index contributed by atoms with van der Waals surface area (Å²) in [4.78, 5) is 11.5. The molecule has 0 amide bonds. The summed E-state index contributed by atoms with van der Waals surface area (Å²) in [5.41, 5.74) is 0.637. The second-order valence-electron chi connectivity index (χ2n) is 6.19. The molecular weight excluding hydrogens is 302 g/mol. The van der Waals surface area contributed by atoms with Crippen molar-refractivity contribution < 1.29 is 8.42 Å². The average Bonchev–Trinajstić information content (AvgIpc) is 2.85. The highest BCUT2D eigenvalue weighted by Gasteiger charge is 2.42. The highest BCUT2D eigenvalue weighted by Crippen LogP contribution is 2.36. The summed E-state index contributed by atoms with van der Waals surface area (Å²) < 4.78 is 26.3. The molecule has 2 aromatic rings. The molecule has 8 heteroatoms. The molecule has 2 heterocycles. The van der Waals surface area contributed by atoms with Gasteiger partial charge in [0, 0.05) is 17.8 Å². The van der Waals surface area contributed by atoms with Crippen molar-refractivity contribution in [3.05, 3.63) is 18.6 Å². The minimum absolute atomic E-state index is 0.00222. The molecule has 2 aromatic heterocycles. The first kappa shape index (κ1) is 15.2. The number of hydrogen-bond donors (Lipinski definition) is 3. The Morgan fingerprint density at radius 2 is 2.18 bits per heavy atom. The number of hydrogen-bond acceptors (Lipinski definition) is 5. The van der Waals surface area contributed by atoms with E-state index in [1.807, 2.05) is 19.2 Å². The van der Waals surface area contributed by atoms with Gasteiger partial charge >= 0.3 is 0 Å². The van der Waals surface area contributed by atoms with Crippen LogP contribution >= 0.6 is 0 Å². The van der Waals surface area contributed by atoms with E-state index < -0.39 is 10.0 Å². The van der Waals surface area contributed by atoms with Gasteiger partial charge in [0.25, 0.3) is 0 Å².